The van der Waals surface area contributed by atoms with Crippen molar-refractivity contribution >= 4 is 37.4 Å². The lowest BCUT2D eigenvalue weighted by Gasteiger charge is -2.38. The molecule has 0 unspecified atom stereocenters. The Kier molecular flexibility index (Phi) is 6.21. The maximum Gasteiger partial charge on any atom is 0.236 e. The van der Waals surface area contributed by atoms with Gasteiger partial charge < -0.3 is 14.5 Å². The van der Waals surface area contributed by atoms with Gasteiger partial charge in [-0.3, -0.25) is 9.69 Å². The number of anilines is 1. The Balaban J connectivity index is 1.65. The SMILES string of the molecule is CS(=O)(=O)c1cccc(Br)c1N1CCN(C(=O)CN2CCOCC2)CC1. The number of morpholine rings is 1. The van der Waals surface area contributed by atoms with Crippen molar-refractivity contribution in [2.45, 2.75) is 4.90 Å². The minimum absolute atomic E-state index is 0.127. The molecule has 7 nitrogen and oxygen atoms in total. The third-order valence-electron chi connectivity index (χ3n) is 4.76. The van der Waals surface area contributed by atoms with Crippen molar-refractivity contribution < 1.29 is 17.9 Å². The van der Waals surface area contributed by atoms with E-state index < -0.39 is 9.84 Å². The number of amides is 1. The van der Waals surface area contributed by atoms with E-state index in [1.165, 1.54) is 6.26 Å². The maximum absolute atomic E-state index is 12.5. The fraction of sp³-hybridized carbons (Fsp3) is 0.588. The number of nitrogens with zero attached hydrogens (tertiary/aromatic N) is 3. The van der Waals surface area contributed by atoms with Gasteiger partial charge >= 0.3 is 0 Å². The Bertz CT molecular complexity index is 757. The summed E-state index contributed by atoms with van der Waals surface area (Å²) in [6, 6.07) is 5.21. The van der Waals surface area contributed by atoms with Crippen LogP contribution in [-0.2, 0) is 19.4 Å². The molecule has 0 atom stereocenters. The fourth-order valence-electron chi connectivity index (χ4n) is 3.33. The van der Waals surface area contributed by atoms with Gasteiger partial charge in [0.15, 0.2) is 9.84 Å². The van der Waals surface area contributed by atoms with Crippen molar-refractivity contribution in [1.29, 1.82) is 0 Å². The van der Waals surface area contributed by atoms with E-state index in [0.717, 1.165) is 17.6 Å². The lowest BCUT2D eigenvalue weighted by molar-refractivity contribution is -0.133. The molecule has 2 saturated heterocycles. The van der Waals surface area contributed by atoms with Gasteiger partial charge in [-0.15, -0.1) is 0 Å². The van der Waals surface area contributed by atoms with Gasteiger partial charge in [0.05, 0.1) is 30.3 Å². The Morgan fingerprint density at radius 1 is 1.12 bits per heavy atom. The molecule has 1 aromatic rings. The summed E-state index contributed by atoms with van der Waals surface area (Å²) in [5.41, 5.74) is 0.690. The third kappa shape index (κ3) is 4.57. The first kappa shape index (κ1) is 19.6. The number of carbonyl (C=O) groups is 1. The van der Waals surface area contributed by atoms with E-state index in [1.807, 2.05) is 15.9 Å². The molecule has 9 heteroatoms. The second-order valence-corrected chi connectivity index (χ2v) is 9.45. The zero-order chi connectivity index (χ0) is 18.7. The van der Waals surface area contributed by atoms with E-state index >= 15 is 0 Å². The number of hydrogen-bond acceptors (Lipinski definition) is 6. The summed E-state index contributed by atoms with van der Waals surface area (Å²) >= 11 is 3.48. The Labute approximate surface area is 162 Å². The highest BCUT2D eigenvalue weighted by Crippen LogP contribution is 2.34. The minimum Gasteiger partial charge on any atom is -0.379 e. The average molecular weight is 446 g/mol. The van der Waals surface area contributed by atoms with Gasteiger partial charge in [-0.05, 0) is 28.1 Å². The van der Waals surface area contributed by atoms with Crippen LogP contribution >= 0.6 is 15.9 Å². The van der Waals surface area contributed by atoms with Crippen molar-refractivity contribution in [2.24, 2.45) is 0 Å². The largest absolute Gasteiger partial charge is 0.379 e. The number of carbonyl (C=O) groups excluding carboxylic acids is 1. The van der Waals surface area contributed by atoms with Gasteiger partial charge in [0.1, 0.15) is 0 Å². The van der Waals surface area contributed by atoms with Crippen LogP contribution < -0.4 is 4.90 Å². The molecule has 1 aromatic carbocycles. The Morgan fingerprint density at radius 2 is 1.77 bits per heavy atom. The van der Waals surface area contributed by atoms with Crippen LogP contribution in [0.3, 0.4) is 0 Å². The number of rotatable bonds is 4. The van der Waals surface area contributed by atoms with Crippen LogP contribution in [0.15, 0.2) is 27.6 Å². The van der Waals surface area contributed by atoms with Crippen molar-refractivity contribution in [3.8, 4) is 0 Å². The van der Waals surface area contributed by atoms with Gasteiger partial charge in [-0.1, -0.05) is 6.07 Å². The van der Waals surface area contributed by atoms with Crippen molar-refractivity contribution in [1.82, 2.24) is 9.80 Å². The topological polar surface area (TPSA) is 70.2 Å². The monoisotopic (exact) mass is 445 g/mol. The summed E-state index contributed by atoms with van der Waals surface area (Å²) < 4.78 is 30.3. The molecular weight excluding hydrogens is 422 g/mol. The normalized spacial score (nSPS) is 19.6. The quantitative estimate of drug-likeness (QED) is 0.683. The highest BCUT2D eigenvalue weighted by Gasteiger charge is 2.27. The molecular formula is C17H24BrN3O4S. The molecule has 144 valence electrons. The number of para-hydroxylation sites is 1. The fourth-order valence-corrected chi connectivity index (χ4v) is 5.00. The molecule has 0 aromatic heterocycles. The Hall–Kier alpha value is -1.16. The maximum atomic E-state index is 12.5. The summed E-state index contributed by atoms with van der Waals surface area (Å²) in [6.45, 7) is 5.77. The molecule has 26 heavy (non-hydrogen) atoms. The van der Waals surface area contributed by atoms with Crippen LogP contribution in [-0.4, -0.2) is 89.4 Å². The lowest BCUT2D eigenvalue weighted by atomic mass is 10.2. The molecule has 0 N–H and O–H groups in total. The number of hydrogen-bond donors (Lipinski definition) is 0. The molecule has 1 amide bonds. The number of piperazine rings is 1. The summed E-state index contributed by atoms with van der Waals surface area (Å²) in [5, 5.41) is 0. The first-order valence-corrected chi connectivity index (χ1v) is 11.4. The second-order valence-electron chi connectivity index (χ2n) is 6.62. The van der Waals surface area contributed by atoms with E-state index in [2.05, 4.69) is 20.8 Å². The van der Waals surface area contributed by atoms with Crippen molar-refractivity contribution in [2.75, 3.05) is 70.2 Å². The number of halogens is 1. The minimum atomic E-state index is -3.33. The standard InChI is InChI=1S/C17H24BrN3O4S/c1-26(23,24)15-4-2-3-14(18)17(15)21-7-5-20(6-8-21)16(22)13-19-9-11-25-12-10-19/h2-4H,5-13H2,1H3. The number of sulfone groups is 1. The predicted octanol–water partition coefficient (Wildman–Crippen LogP) is 0.833. The zero-order valence-electron chi connectivity index (χ0n) is 14.9. The zero-order valence-corrected chi connectivity index (χ0v) is 17.3. The molecule has 0 radical (unpaired) electrons. The van der Waals surface area contributed by atoms with Crippen LogP contribution in [0.1, 0.15) is 0 Å². The van der Waals surface area contributed by atoms with E-state index in [1.54, 1.807) is 12.1 Å². The average Bonchev–Trinajstić information content (AvgIpc) is 2.62. The van der Waals surface area contributed by atoms with Crippen LogP contribution in [0.4, 0.5) is 5.69 Å². The van der Waals surface area contributed by atoms with Gasteiger partial charge in [-0.2, -0.15) is 0 Å². The Morgan fingerprint density at radius 3 is 2.38 bits per heavy atom. The molecule has 2 heterocycles. The third-order valence-corrected chi connectivity index (χ3v) is 6.53. The van der Waals surface area contributed by atoms with Crippen LogP contribution in [0, 0.1) is 0 Å². The molecule has 2 aliphatic heterocycles. The van der Waals surface area contributed by atoms with Crippen LogP contribution in [0.25, 0.3) is 0 Å². The summed E-state index contributed by atoms with van der Waals surface area (Å²) in [6.07, 6.45) is 1.22. The van der Waals surface area contributed by atoms with Gasteiger partial charge in [0, 0.05) is 50.0 Å². The van der Waals surface area contributed by atoms with E-state index in [9.17, 15) is 13.2 Å². The molecule has 0 spiro atoms. The van der Waals surface area contributed by atoms with Crippen molar-refractivity contribution in [3.63, 3.8) is 0 Å². The summed E-state index contributed by atoms with van der Waals surface area (Å²) in [7, 11) is -3.33. The first-order valence-electron chi connectivity index (χ1n) is 8.67. The molecule has 0 bridgehead atoms. The highest BCUT2D eigenvalue weighted by atomic mass is 79.9. The van der Waals surface area contributed by atoms with Crippen LogP contribution in [0.5, 0.6) is 0 Å². The van der Waals surface area contributed by atoms with Gasteiger partial charge in [0.2, 0.25) is 5.91 Å². The first-order chi connectivity index (χ1) is 12.4. The summed E-state index contributed by atoms with van der Waals surface area (Å²) in [4.78, 5) is 18.9. The number of benzene rings is 1. The summed E-state index contributed by atoms with van der Waals surface area (Å²) in [5.74, 6) is 0.127. The van der Waals surface area contributed by atoms with E-state index in [-0.39, 0.29) is 5.91 Å². The van der Waals surface area contributed by atoms with E-state index in [4.69, 9.17) is 4.74 Å². The van der Waals surface area contributed by atoms with Crippen molar-refractivity contribution in [3.05, 3.63) is 22.7 Å². The lowest BCUT2D eigenvalue weighted by Crippen LogP contribution is -2.52. The molecule has 3 rings (SSSR count). The van der Waals surface area contributed by atoms with Gasteiger partial charge in [-0.25, -0.2) is 8.42 Å². The molecule has 0 saturated carbocycles. The highest BCUT2D eigenvalue weighted by molar-refractivity contribution is 9.10. The van der Waals surface area contributed by atoms with E-state index in [0.29, 0.717) is 56.5 Å². The number of ether oxygens (including phenoxy) is 1. The van der Waals surface area contributed by atoms with Gasteiger partial charge in [0.25, 0.3) is 0 Å². The van der Waals surface area contributed by atoms with Crippen LogP contribution in [0.2, 0.25) is 0 Å². The predicted molar refractivity (Wildman–Crippen MR) is 103 cm³/mol. The second kappa shape index (κ2) is 8.24. The smallest absolute Gasteiger partial charge is 0.236 e. The molecule has 0 aliphatic carbocycles. The molecule has 2 fully saturated rings. The molecule has 2 aliphatic rings.